The third-order valence-electron chi connectivity index (χ3n) is 2.22. The van der Waals surface area contributed by atoms with E-state index in [4.69, 9.17) is 5.73 Å². The molecule has 0 amide bonds. The number of nitrogens with two attached hydrogens (primary N) is 1. The minimum Gasteiger partial charge on any atom is -0.330 e. The van der Waals surface area contributed by atoms with Crippen LogP contribution in [0.15, 0.2) is 28.7 Å². The first-order valence-corrected chi connectivity index (χ1v) is 5.83. The van der Waals surface area contributed by atoms with E-state index in [-0.39, 0.29) is 0 Å². The number of hydrogen-bond acceptors (Lipinski definition) is 4. The predicted octanol–water partition coefficient (Wildman–Crippen LogP) is 1.45. The molecule has 16 heavy (non-hydrogen) atoms. The van der Waals surface area contributed by atoms with Gasteiger partial charge in [0.1, 0.15) is 0 Å². The normalized spacial score (nSPS) is 10.6. The summed E-state index contributed by atoms with van der Waals surface area (Å²) < 4.78 is 2.76. The van der Waals surface area contributed by atoms with Gasteiger partial charge in [0.25, 0.3) is 0 Å². The van der Waals surface area contributed by atoms with Gasteiger partial charge in [-0.2, -0.15) is 0 Å². The van der Waals surface area contributed by atoms with Crippen molar-refractivity contribution >= 4 is 15.9 Å². The molecule has 0 fully saturated rings. The lowest BCUT2D eigenvalue weighted by Gasteiger charge is -2.04. The Hall–Kier alpha value is -1.27. The summed E-state index contributed by atoms with van der Waals surface area (Å²) in [6, 6.07) is 7.87. The molecule has 0 saturated carbocycles. The topological polar surface area (TPSA) is 69.6 Å². The highest BCUT2D eigenvalue weighted by Gasteiger charge is 2.10. The van der Waals surface area contributed by atoms with Gasteiger partial charge in [0.15, 0.2) is 5.82 Å². The summed E-state index contributed by atoms with van der Waals surface area (Å²) >= 11 is 3.49. The largest absolute Gasteiger partial charge is 0.330 e. The lowest BCUT2D eigenvalue weighted by Crippen LogP contribution is -2.08. The number of halogens is 1. The van der Waals surface area contributed by atoms with E-state index in [2.05, 4.69) is 31.5 Å². The first-order chi connectivity index (χ1) is 7.83. The smallest absolute Gasteiger partial charge is 0.183 e. The molecule has 84 valence electrons. The molecule has 0 aliphatic heterocycles. The van der Waals surface area contributed by atoms with Crippen LogP contribution in [0.3, 0.4) is 0 Å². The first-order valence-electron chi connectivity index (χ1n) is 5.04. The van der Waals surface area contributed by atoms with Crippen LogP contribution in [0.1, 0.15) is 6.42 Å². The maximum Gasteiger partial charge on any atom is 0.183 e. The van der Waals surface area contributed by atoms with Gasteiger partial charge in [-0.1, -0.05) is 28.1 Å². The molecule has 1 aromatic carbocycles. The molecular weight excluding hydrogens is 270 g/mol. The van der Waals surface area contributed by atoms with E-state index in [9.17, 15) is 0 Å². The molecular formula is C10H12BrN5. The minimum atomic E-state index is 0.634. The summed E-state index contributed by atoms with van der Waals surface area (Å²) in [5.74, 6) is 0.765. The Kier molecular flexibility index (Phi) is 3.63. The van der Waals surface area contributed by atoms with Gasteiger partial charge in [-0.05, 0) is 35.5 Å². The zero-order valence-electron chi connectivity index (χ0n) is 8.67. The summed E-state index contributed by atoms with van der Waals surface area (Å²) in [5.41, 5.74) is 6.46. The Balaban J connectivity index is 2.33. The zero-order valence-corrected chi connectivity index (χ0v) is 10.3. The molecule has 0 saturated heterocycles. The Labute approximate surface area is 102 Å². The molecule has 1 aromatic heterocycles. The lowest BCUT2D eigenvalue weighted by molar-refractivity contribution is 0.568. The van der Waals surface area contributed by atoms with Crippen molar-refractivity contribution in [3.63, 3.8) is 0 Å². The Bertz CT molecular complexity index is 468. The van der Waals surface area contributed by atoms with Crippen molar-refractivity contribution in [3.8, 4) is 11.4 Å². The van der Waals surface area contributed by atoms with Crippen LogP contribution in [0.4, 0.5) is 0 Å². The molecule has 0 bridgehead atoms. The van der Waals surface area contributed by atoms with Crippen molar-refractivity contribution in [3.05, 3.63) is 28.7 Å². The van der Waals surface area contributed by atoms with Crippen molar-refractivity contribution in [2.45, 2.75) is 13.0 Å². The number of aromatic nitrogens is 4. The van der Waals surface area contributed by atoms with Crippen LogP contribution in [0.25, 0.3) is 11.4 Å². The van der Waals surface area contributed by atoms with Crippen LogP contribution in [-0.4, -0.2) is 26.8 Å². The first kappa shape index (κ1) is 11.2. The van der Waals surface area contributed by atoms with Crippen LogP contribution in [-0.2, 0) is 6.54 Å². The molecule has 1 heterocycles. The second-order valence-electron chi connectivity index (χ2n) is 3.35. The fourth-order valence-electron chi connectivity index (χ4n) is 1.43. The standard InChI is InChI=1S/C10H12BrN5/c11-9-5-2-1-4-8(9)10-13-14-15-16(10)7-3-6-12/h1-2,4-5H,3,6-7,12H2. The molecule has 2 N–H and O–H groups in total. The van der Waals surface area contributed by atoms with Gasteiger partial charge in [0, 0.05) is 16.6 Å². The summed E-state index contributed by atoms with van der Waals surface area (Å²) in [6.45, 7) is 1.37. The molecule has 0 radical (unpaired) electrons. The second kappa shape index (κ2) is 5.18. The third-order valence-corrected chi connectivity index (χ3v) is 2.91. The van der Waals surface area contributed by atoms with Crippen LogP contribution in [0.5, 0.6) is 0 Å². The number of aryl methyl sites for hydroxylation is 1. The minimum absolute atomic E-state index is 0.634. The molecule has 0 aliphatic carbocycles. The molecule has 0 unspecified atom stereocenters. The Morgan fingerprint density at radius 1 is 1.31 bits per heavy atom. The zero-order chi connectivity index (χ0) is 11.4. The monoisotopic (exact) mass is 281 g/mol. The van der Waals surface area contributed by atoms with E-state index in [1.165, 1.54) is 0 Å². The van der Waals surface area contributed by atoms with Gasteiger partial charge < -0.3 is 5.73 Å². The highest BCUT2D eigenvalue weighted by atomic mass is 79.9. The van der Waals surface area contributed by atoms with Crippen LogP contribution in [0, 0.1) is 0 Å². The number of benzene rings is 1. The Morgan fingerprint density at radius 3 is 2.88 bits per heavy atom. The van der Waals surface area contributed by atoms with Gasteiger partial charge in [-0.3, -0.25) is 0 Å². The maximum absolute atomic E-state index is 5.47. The number of rotatable bonds is 4. The maximum atomic E-state index is 5.47. The molecule has 2 rings (SSSR count). The fraction of sp³-hybridized carbons (Fsp3) is 0.300. The van der Waals surface area contributed by atoms with E-state index < -0.39 is 0 Å². The molecule has 5 nitrogen and oxygen atoms in total. The van der Waals surface area contributed by atoms with E-state index in [0.717, 1.165) is 28.8 Å². The van der Waals surface area contributed by atoms with Crippen molar-refractivity contribution in [2.75, 3.05) is 6.54 Å². The average molecular weight is 282 g/mol. The summed E-state index contributed by atoms with van der Waals surface area (Å²) in [5, 5.41) is 11.7. The van der Waals surface area contributed by atoms with Gasteiger partial charge >= 0.3 is 0 Å². The van der Waals surface area contributed by atoms with E-state index in [1.54, 1.807) is 4.68 Å². The third kappa shape index (κ3) is 2.28. The van der Waals surface area contributed by atoms with Crippen LogP contribution >= 0.6 is 15.9 Å². The summed E-state index contributed by atoms with van der Waals surface area (Å²) in [7, 11) is 0. The summed E-state index contributed by atoms with van der Waals surface area (Å²) in [6.07, 6.45) is 0.864. The Morgan fingerprint density at radius 2 is 2.12 bits per heavy atom. The van der Waals surface area contributed by atoms with Crippen molar-refractivity contribution in [2.24, 2.45) is 5.73 Å². The van der Waals surface area contributed by atoms with E-state index in [1.807, 2.05) is 24.3 Å². The number of hydrogen-bond donors (Lipinski definition) is 1. The van der Waals surface area contributed by atoms with Crippen LogP contribution < -0.4 is 5.73 Å². The summed E-state index contributed by atoms with van der Waals surface area (Å²) in [4.78, 5) is 0. The van der Waals surface area contributed by atoms with Crippen molar-refractivity contribution in [1.82, 2.24) is 20.2 Å². The van der Waals surface area contributed by atoms with E-state index in [0.29, 0.717) is 6.54 Å². The molecule has 0 aliphatic rings. The van der Waals surface area contributed by atoms with Gasteiger partial charge in [-0.25, -0.2) is 4.68 Å². The van der Waals surface area contributed by atoms with Crippen LogP contribution in [0.2, 0.25) is 0 Å². The highest BCUT2D eigenvalue weighted by molar-refractivity contribution is 9.10. The van der Waals surface area contributed by atoms with Gasteiger partial charge in [0.2, 0.25) is 0 Å². The molecule has 0 spiro atoms. The lowest BCUT2D eigenvalue weighted by atomic mass is 10.2. The second-order valence-corrected chi connectivity index (χ2v) is 4.20. The van der Waals surface area contributed by atoms with E-state index >= 15 is 0 Å². The fourth-order valence-corrected chi connectivity index (χ4v) is 1.89. The molecule has 6 heteroatoms. The van der Waals surface area contributed by atoms with Gasteiger partial charge in [0.05, 0.1) is 0 Å². The molecule has 2 aromatic rings. The number of tetrazole rings is 1. The molecule has 0 atom stereocenters. The quantitative estimate of drug-likeness (QED) is 0.921. The predicted molar refractivity (Wildman–Crippen MR) is 64.6 cm³/mol. The van der Waals surface area contributed by atoms with Crippen molar-refractivity contribution < 1.29 is 0 Å². The number of nitrogens with zero attached hydrogens (tertiary/aromatic N) is 4. The van der Waals surface area contributed by atoms with Gasteiger partial charge in [-0.15, -0.1) is 5.10 Å². The SMILES string of the molecule is NCCCn1nnnc1-c1ccccc1Br. The van der Waals surface area contributed by atoms with Crippen molar-refractivity contribution in [1.29, 1.82) is 0 Å². The highest BCUT2D eigenvalue weighted by Crippen LogP contribution is 2.25. The average Bonchev–Trinajstić information content (AvgIpc) is 2.75.